The molecular weight excluding hydrogens is 630 g/mol. The van der Waals surface area contributed by atoms with E-state index in [9.17, 15) is 16.8 Å². The summed E-state index contributed by atoms with van der Waals surface area (Å²) in [5.74, 6) is 0.427. The third-order valence-electron chi connectivity index (χ3n) is 9.35. The number of halogens is 1. The Hall–Kier alpha value is -3.11. The molecule has 3 aromatic carbocycles. The normalized spacial score (nSPS) is 19.9. The van der Waals surface area contributed by atoms with Gasteiger partial charge in [-0.1, -0.05) is 72.3 Å². The number of methoxy groups -OCH3 is 2. The molecule has 0 amide bonds. The molecule has 7 nitrogen and oxygen atoms in total. The van der Waals surface area contributed by atoms with E-state index >= 15 is 0 Å². The van der Waals surface area contributed by atoms with Gasteiger partial charge in [-0.05, 0) is 84.2 Å². The predicted molar refractivity (Wildman–Crippen MR) is 183 cm³/mol. The average Bonchev–Trinajstić information content (AvgIpc) is 3.19. The van der Waals surface area contributed by atoms with Gasteiger partial charge in [0, 0.05) is 13.1 Å². The first kappa shape index (κ1) is 33.3. The Kier molecular flexibility index (Phi) is 9.84. The Morgan fingerprint density at radius 3 is 1.87 bits per heavy atom. The molecule has 0 N–H and O–H groups in total. The number of hydrogen-bond donors (Lipinski definition) is 0. The maximum Gasteiger partial charge on any atom is 0.198 e. The highest BCUT2D eigenvalue weighted by Gasteiger charge is 2.57. The highest BCUT2D eigenvalue weighted by molar-refractivity contribution is 8.10. The zero-order valence-electron chi connectivity index (χ0n) is 25.7. The van der Waals surface area contributed by atoms with E-state index in [0.29, 0.717) is 24.5 Å². The number of fused-ring (bicyclic) bond motifs is 2. The van der Waals surface area contributed by atoms with Gasteiger partial charge in [0.25, 0.3) is 0 Å². The van der Waals surface area contributed by atoms with Gasteiger partial charge in [0.2, 0.25) is 0 Å². The minimum atomic E-state index is -3.99. The molecule has 2 saturated heterocycles. The van der Waals surface area contributed by atoms with Gasteiger partial charge in [0.1, 0.15) is 0 Å². The third-order valence-corrected chi connectivity index (χ3v) is 15.4. The van der Waals surface area contributed by atoms with Gasteiger partial charge in [0.15, 0.2) is 35.3 Å². The summed E-state index contributed by atoms with van der Waals surface area (Å²) in [6, 6.07) is 21.8. The first-order valence-corrected chi connectivity index (χ1v) is 18.5. The predicted octanol–water partition coefficient (Wildman–Crippen LogP) is 6.37. The van der Waals surface area contributed by atoms with Gasteiger partial charge >= 0.3 is 0 Å². The minimum absolute atomic E-state index is 0. The molecule has 0 spiro atoms. The van der Waals surface area contributed by atoms with Crippen molar-refractivity contribution in [3.63, 3.8) is 0 Å². The number of rotatable bonds is 7. The smallest absolute Gasteiger partial charge is 0.198 e. The summed E-state index contributed by atoms with van der Waals surface area (Å²) in [7, 11) is -5.04. The van der Waals surface area contributed by atoms with Gasteiger partial charge in [0.05, 0.1) is 25.7 Å². The van der Waals surface area contributed by atoms with E-state index in [1.165, 1.54) is 53.7 Å². The Balaban J connectivity index is 0.00000400. The highest BCUT2D eigenvalue weighted by Crippen LogP contribution is 2.47. The molecule has 0 unspecified atom stereocenters. The molecule has 1 aliphatic carbocycles. The lowest BCUT2D eigenvalue weighted by Gasteiger charge is -2.38. The summed E-state index contributed by atoms with van der Waals surface area (Å²) in [4.78, 5) is 2.33. The zero-order valence-corrected chi connectivity index (χ0v) is 28.1. The molecule has 2 heterocycles. The van der Waals surface area contributed by atoms with Crippen LogP contribution in [0.4, 0.5) is 0 Å². The van der Waals surface area contributed by atoms with E-state index < -0.39 is 23.8 Å². The van der Waals surface area contributed by atoms with Crippen molar-refractivity contribution >= 4 is 49.8 Å². The third kappa shape index (κ3) is 5.96. The van der Waals surface area contributed by atoms with E-state index in [1.54, 1.807) is 12.1 Å². The lowest BCUT2D eigenvalue weighted by atomic mass is 9.86. The molecule has 45 heavy (non-hydrogen) atoms. The lowest BCUT2D eigenvalue weighted by molar-refractivity contribution is 0.250. The standard InChI is InChI=1S/C35H39NO6S2.ClH/c1-41-32-16-15-29(25-33(32)42-2)35(43(37,38)23-8-24-44(35,39)40)19-7-20-36-21-17-28(18-22-36)34-30-11-5-3-9-26(30)13-14-27-10-4-6-12-31(27)34;/h3-6,9-16,25H,7-8,17-24H2,1-2H3;1H. The molecule has 0 bridgehead atoms. The summed E-state index contributed by atoms with van der Waals surface area (Å²) in [5, 5.41) is 0. The van der Waals surface area contributed by atoms with Gasteiger partial charge in [-0.2, -0.15) is 0 Å². The molecule has 0 saturated carbocycles. The number of piperidine rings is 1. The van der Waals surface area contributed by atoms with Crippen molar-refractivity contribution in [2.45, 2.75) is 36.2 Å². The summed E-state index contributed by atoms with van der Waals surface area (Å²) in [5.41, 5.74) is 7.90. The van der Waals surface area contributed by atoms with Crippen molar-refractivity contribution in [2.24, 2.45) is 0 Å². The molecule has 10 heteroatoms. The Bertz CT molecular complexity index is 1750. The second-order valence-electron chi connectivity index (χ2n) is 11.7. The summed E-state index contributed by atoms with van der Waals surface area (Å²) < 4.78 is 63.7. The van der Waals surface area contributed by atoms with Crippen molar-refractivity contribution in [3.8, 4) is 11.5 Å². The Morgan fingerprint density at radius 1 is 0.756 bits per heavy atom. The molecule has 2 fully saturated rings. The molecule has 3 aliphatic rings. The van der Waals surface area contributed by atoms with Gasteiger partial charge < -0.3 is 14.4 Å². The van der Waals surface area contributed by atoms with Crippen LogP contribution in [0.2, 0.25) is 0 Å². The molecule has 2 aliphatic heterocycles. The largest absolute Gasteiger partial charge is 0.493 e. The van der Waals surface area contributed by atoms with E-state index in [1.807, 2.05) is 0 Å². The van der Waals surface area contributed by atoms with Crippen molar-refractivity contribution in [3.05, 3.63) is 100 Å². The summed E-state index contributed by atoms with van der Waals surface area (Å²) >= 11 is 0. The number of ether oxygens (including phenoxy) is 2. The van der Waals surface area contributed by atoms with Crippen LogP contribution in [0.15, 0.2) is 72.3 Å². The minimum Gasteiger partial charge on any atom is -0.493 e. The van der Waals surface area contributed by atoms with E-state index in [2.05, 4.69) is 65.6 Å². The summed E-state index contributed by atoms with van der Waals surface area (Å²) in [6.07, 6.45) is 6.74. The lowest BCUT2D eigenvalue weighted by Crippen LogP contribution is -2.50. The van der Waals surface area contributed by atoms with Crippen molar-refractivity contribution in [2.75, 3.05) is 45.4 Å². The van der Waals surface area contributed by atoms with Crippen LogP contribution in [0.3, 0.4) is 0 Å². The molecule has 6 rings (SSSR count). The molecular formula is C35H40ClNO6S2. The Morgan fingerprint density at radius 2 is 1.31 bits per heavy atom. The average molecular weight is 670 g/mol. The first-order chi connectivity index (χ1) is 21.2. The van der Waals surface area contributed by atoms with Crippen LogP contribution in [0.5, 0.6) is 11.5 Å². The van der Waals surface area contributed by atoms with Gasteiger partial charge in [-0.25, -0.2) is 16.8 Å². The molecule has 3 aromatic rings. The Labute approximate surface area is 273 Å². The maximum atomic E-state index is 13.7. The van der Waals surface area contributed by atoms with Crippen LogP contribution in [-0.2, 0) is 23.8 Å². The highest BCUT2D eigenvalue weighted by atomic mass is 35.5. The van der Waals surface area contributed by atoms with Crippen molar-refractivity contribution in [1.29, 1.82) is 0 Å². The fourth-order valence-corrected chi connectivity index (χ4v) is 12.9. The number of benzene rings is 3. The molecule has 0 atom stereocenters. The topological polar surface area (TPSA) is 90.0 Å². The SMILES string of the molecule is COc1ccc(C2(CCCN3CCC(=C4c5ccccc5C=Cc5ccccc54)CC3)S(=O)(=O)CCCS2(=O)=O)cc1OC.Cl. The number of likely N-dealkylation sites (tertiary alicyclic amines) is 1. The zero-order chi connectivity index (χ0) is 31.0. The molecule has 0 radical (unpaired) electrons. The van der Waals surface area contributed by atoms with Gasteiger partial charge in [-0.3, -0.25) is 0 Å². The van der Waals surface area contributed by atoms with Crippen molar-refractivity contribution in [1.82, 2.24) is 4.90 Å². The van der Waals surface area contributed by atoms with Crippen molar-refractivity contribution < 1.29 is 26.3 Å². The van der Waals surface area contributed by atoms with Gasteiger partial charge in [-0.15, -0.1) is 12.4 Å². The fraction of sp³-hybridized carbons (Fsp3) is 0.371. The fourth-order valence-electron chi connectivity index (χ4n) is 7.13. The molecule has 0 aromatic heterocycles. The van der Waals surface area contributed by atoms with Crippen LogP contribution in [-0.4, -0.2) is 67.1 Å². The van der Waals surface area contributed by atoms with E-state index in [-0.39, 0.29) is 42.3 Å². The van der Waals surface area contributed by atoms with E-state index in [4.69, 9.17) is 9.47 Å². The first-order valence-electron chi connectivity index (χ1n) is 15.2. The quantitative estimate of drug-likeness (QED) is 0.226. The van der Waals surface area contributed by atoms with Crippen LogP contribution in [0.1, 0.15) is 59.9 Å². The number of nitrogens with zero attached hydrogens (tertiary/aromatic N) is 1. The second-order valence-corrected chi connectivity index (χ2v) is 16.7. The monoisotopic (exact) mass is 669 g/mol. The second kappa shape index (κ2) is 13.3. The van der Waals surface area contributed by atoms with Crippen LogP contribution in [0.25, 0.3) is 17.7 Å². The number of sulfone groups is 2. The molecule has 240 valence electrons. The van der Waals surface area contributed by atoms with Crippen LogP contribution in [0, 0.1) is 0 Å². The number of hydrogen-bond acceptors (Lipinski definition) is 7. The summed E-state index contributed by atoms with van der Waals surface area (Å²) in [6.45, 7) is 2.29. The van der Waals surface area contributed by atoms with Crippen LogP contribution < -0.4 is 9.47 Å². The maximum absolute atomic E-state index is 13.7. The van der Waals surface area contributed by atoms with E-state index in [0.717, 1.165) is 25.9 Å². The van der Waals surface area contributed by atoms with Crippen LogP contribution >= 0.6 is 12.4 Å².